The quantitative estimate of drug-likeness (QED) is 0.390. The molecule has 1 heterocycles. The van der Waals surface area contributed by atoms with Gasteiger partial charge < -0.3 is 4.74 Å². The highest BCUT2D eigenvalue weighted by Gasteiger charge is 2.44. The molecule has 54 valence electrons. The Morgan fingerprint density at radius 3 is 2.11 bits per heavy atom. The van der Waals surface area contributed by atoms with E-state index in [0.29, 0.717) is 5.41 Å². The summed E-state index contributed by atoms with van der Waals surface area (Å²) >= 11 is 2.39. The fraction of sp³-hybridized carbons (Fsp3) is 1.00. The van der Waals surface area contributed by atoms with Gasteiger partial charge in [-0.3, -0.25) is 0 Å². The molecule has 2 heteroatoms. The maximum atomic E-state index is 5.26. The first kappa shape index (κ1) is 7.79. The Hall–Kier alpha value is 0.690. The van der Waals surface area contributed by atoms with E-state index in [1.807, 2.05) is 0 Å². The second-order valence-electron chi connectivity index (χ2n) is 3.91. The van der Waals surface area contributed by atoms with Gasteiger partial charge in [-0.1, -0.05) is 20.8 Å². The van der Waals surface area contributed by atoms with Crippen molar-refractivity contribution in [2.24, 2.45) is 5.41 Å². The van der Waals surface area contributed by atoms with Crippen LogP contribution in [0.4, 0.5) is 0 Å². The molecule has 0 N–H and O–H groups in total. The van der Waals surface area contributed by atoms with Crippen molar-refractivity contribution in [3.05, 3.63) is 0 Å². The monoisotopic (exact) mass is 240 g/mol. The van der Waals surface area contributed by atoms with Gasteiger partial charge in [0.25, 0.3) is 0 Å². The highest BCUT2D eigenvalue weighted by molar-refractivity contribution is 14.1. The molecular weight excluding hydrogens is 227 g/mol. The van der Waals surface area contributed by atoms with Crippen LogP contribution >= 0.6 is 22.6 Å². The van der Waals surface area contributed by atoms with Gasteiger partial charge in [-0.25, -0.2) is 0 Å². The van der Waals surface area contributed by atoms with Gasteiger partial charge in [-0.15, -0.1) is 0 Å². The zero-order valence-electron chi connectivity index (χ0n) is 6.20. The van der Waals surface area contributed by atoms with E-state index in [1.54, 1.807) is 0 Å². The fourth-order valence-electron chi connectivity index (χ4n) is 0.972. The molecule has 1 atom stereocenters. The minimum absolute atomic E-state index is 0.204. The van der Waals surface area contributed by atoms with Gasteiger partial charge in [0.1, 0.15) is 3.61 Å². The van der Waals surface area contributed by atoms with Crippen LogP contribution in [-0.2, 0) is 4.74 Å². The molecule has 1 unspecified atom stereocenters. The zero-order valence-corrected chi connectivity index (χ0v) is 8.36. The Morgan fingerprint density at radius 1 is 1.56 bits per heavy atom. The first-order valence-corrected chi connectivity index (χ1v) is 4.32. The van der Waals surface area contributed by atoms with Gasteiger partial charge in [0.2, 0.25) is 0 Å². The van der Waals surface area contributed by atoms with Crippen LogP contribution in [0.15, 0.2) is 0 Å². The van der Waals surface area contributed by atoms with Crippen molar-refractivity contribution < 1.29 is 4.74 Å². The highest BCUT2D eigenvalue weighted by Crippen LogP contribution is 2.44. The molecule has 1 aliphatic heterocycles. The number of epoxide rings is 1. The van der Waals surface area contributed by atoms with Gasteiger partial charge in [0.15, 0.2) is 0 Å². The molecule has 0 bridgehead atoms. The third kappa shape index (κ3) is 2.85. The third-order valence-electron chi connectivity index (χ3n) is 1.25. The SMILES string of the molecule is CC(C)(C)CC1(I)CO1. The summed E-state index contributed by atoms with van der Waals surface area (Å²) in [5.41, 5.74) is 0.414. The van der Waals surface area contributed by atoms with E-state index in [2.05, 4.69) is 43.4 Å². The lowest BCUT2D eigenvalue weighted by Gasteiger charge is -2.19. The van der Waals surface area contributed by atoms with E-state index < -0.39 is 0 Å². The normalized spacial score (nSPS) is 34.7. The van der Waals surface area contributed by atoms with E-state index in [1.165, 1.54) is 6.42 Å². The van der Waals surface area contributed by atoms with Crippen LogP contribution in [0.2, 0.25) is 0 Å². The first-order chi connectivity index (χ1) is 3.91. The van der Waals surface area contributed by atoms with Crippen LogP contribution in [0.3, 0.4) is 0 Å². The minimum Gasteiger partial charge on any atom is -0.358 e. The summed E-state index contributed by atoms with van der Waals surface area (Å²) in [7, 11) is 0. The van der Waals surface area contributed by atoms with Crippen molar-refractivity contribution in [2.45, 2.75) is 30.8 Å². The molecule has 0 radical (unpaired) electrons. The molecular formula is C7H13IO. The van der Waals surface area contributed by atoms with Crippen molar-refractivity contribution in [2.75, 3.05) is 6.61 Å². The van der Waals surface area contributed by atoms with Crippen molar-refractivity contribution in [3.8, 4) is 0 Å². The number of rotatable bonds is 1. The summed E-state index contributed by atoms with van der Waals surface area (Å²) in [4.78, 5) is 0. The molecule has 0 saturated carbocycles. The molecule has 0 amide bonds. The van der Waals surface area contributed by atoms with Gasteiger partial charge in [-0.2, -0.15) is 0 Å². The maximum Gasteiger partial charge on any atom is 0.143 e. The maximum absolute atomic E-state index is 5.26. The summed E-state index contributed by atoms with van der Waals surface area (Å²) in [6, 6.07) is 0. The Balaban J connectivity index is 2.33. The van der Waals surface area contributed by atoms with Crippen LogP contribution in [0, 0.1) is 5.41 Å². The summed E-state index contributed by atoms with van der Waals surface area (Å²) in [5.74, 6) is 0. The lowest BCUT2D eigenvalue weighted by molar-refractivity contribution is 0.291. The van der Waals surface area contributed by atoms with Crippen LogP contribution in [0.25, 0.3) is 0 Å². The second kappa shape index (κ2) is 2.09. The van der Waals surface area contributed by atoms with E-state index in [9.17, 15) is 0 Å². The largest absolute Gasteiger partial charge is 0.358 e. The van der Waals surface area contributed by atoms with Gasteiger partial charge in [0, 0.05) is 0 Å². The van der Waals surface area contributed by atoms with E-state index in [0.717, 1.165) is 6.61 Å². The topological polar surface area (TPSA) is 12.5 Å². The summed E-state index contributed by atoms with van der Waals surface area (Å²) in [6.45, 7) is 7.68. The lowest BCUT2D eigenvalue weighted by atomic mass is 9.91. The molecule has 0 aromatic rings. The number of alkyl halides is 1. The van der Waals surface area contributed by atoms with E-state index in [4.69, 9.17) is 4.74 Å². The third-order valence-corrected chi connectivity index (χ3v) is 2.26. The number of halogens is 1. The van der Waals surface area contributed by atoms with E-state index in [-0.39, 0.29) is 3.61 Å². The number of ether oxygens (including phenoxy) is 1. The molecule has 0 aliphatic carbocycles. The van der Waals surface area contributed by atoms with Crippen molar-refractivity contribution in [3.63, 3.8) is 0 Å². The Morgan fingerprint density at radius 2 is 2.00 bits per heavy atom. The second-order valence-corrected chi connectivity index (χ2v) is 5.88. The molecule has 1 saturated heterocycles. The molecule has 9 heavy (non-hydrogen) atoms. The van der Waals surface area contributed by atoms with Gasteiger partial charge in [0.05, 0.1) is 6.61 Å². The van der Waals surface area contributed by atoms with Crippen LogP contribution < -0.4 is 0 Å². The molecule has 1 rings (SSSR count). The molecule has 0 spiro atoms. The van der Waals surface area contributed by atoms with Crippen LogP contribution in [-0.4, -0.2) is 10.2 Å². The molecule has 1 nitrogen and oxygen atoms in total. The zero-order chi connectivity index (χ0) is 7.12. The molecule has 0 aromatic carbocycles. The van der Waals surface area contributed by atoms with Crippen LogP contribution in [0.1, 0.15) is 27.2 Å². The lowest BCUT2D eigenvalue weighted by Crippen LogP contribution is -2.14. The van der Waals surface area contributed by atoms with Crippen molar-refractivity contribution >= 4 is 22.6 Å². The van der Waals surface area contributed by atoms with Gasteiger partial charge >= 0.3 is 0 Å². The van der Waals surface area contributed by atoms with Crippen molar-refractivity contribution in [1.82, 2.24) is 0 Å². The standard InChI is InChI=1S/C7H13IO/c1-6(2,3)4-7(8)5-9-7/h4-5H2,1-3H3. The van der Waals surface area contributed by atoms with Crippen LogP contribution in [0.5, 0.6) is 0 Å². The Labute approximate surface area is 70.3 Å². The predicted molar refractivity (Wildman–Crippen MR) is 46.8 cm³/mol. The average molecular weight is 240 g/mol. The predicted octanol–water partition coefficient (Wildman–Crippen LogP) is 2.58. The molecule has 1 fully saturated rings. The Kier molecular flexibility index (Phi) is 1.81. The molecule has 1 aliphatic rings. The van der Waals surface area contributed by atoms with Crippen molar-refractivity contribution in [1.29, 1.82) is 0 Å². The smallest absolute Gasteiger partial charge is 0.143 e. The summed E-state index contributed by atoms with van der Waals surface area (Å²) in [6.07, 6.45) is 1.17. The fourth-order valence-corrected chi connectivity index (χ4v) is 2.27. The highest BCUT2D eigenvalue weighted by atomic mass is 127. The Bertz CT molecular complexity index is 107. The number of hydrogen-bond acceptors (Lipinski definition) is 1. The van der Waals surface area contributed by atoms with E-state index >= 15 is 0 Å². The average Bonchev–Trinajstić information content (AvgIpc) is 2.12. The molecule has 0 aromatic heterocycles. The van der Waals surface area contributed by atoms with Gasteiger partial charge in [-0.05, 0) is 34.4 Å². The first-order valence-electron chi connectivity index (χ1n) is 3.24. The summed E-state index contributed by atoms with van der Waals surface area (Å²) in [5, 5.41) is 0. The number of hydrogen-bond donors (Lipinski definition) is 0. The summed E-state index contributed by atoms with van der Waals surface area (Å²) < 4.78 is 5.46. The minimum atomic E-state index is 0.204.